The van der Waals surface area contributed by atoms with Crippen LogP contribution in [0.25, 0.3) is 0 Å². The van der Waals surface area contributed by atoms with E-state index in [1.807, 2.05) is 19.0 Å². The molecule has 2 aromatic heterocycles. The molecular weight excluding hydrogens is 324 g/mol. The molecule has 0 radical (unpaired) electrons. The summed E-state index contributed by atoms with van der Waals surface area (Å²) in [7, 11) is 3.79. The summed E-state index contributed by atoms with van der Waals surface area (Å²) in [5, 5.41) is 2.10. The summed E-state index contributed by atoms with van der Waals surface area (Å²) in [4.78, 5) is 18.5. The van der Waals surface area contributed by atoms with E-state index in [1.165, 1.54) is 4.88 Å². The number of nitrogens with zero attached hydrogens (tertiary/aromatic N) is 5. The minimum atomic E-state index is 0.261. The van der Waals surface area contributed by atoms with Crippen molar-refractivity contribution in [1.82, 2.24) is 19.9 Å². The summed E-state index contributed by atoms with van der Waals surface area (Å²) in [5.74, 6) is 1.54. The average molecular weight is 348 g/mol. The van der Waals surface area contributed by atoms with Gasteiger partial charge in [-0.3, -0.25) is 4.90 Å². The van der Waals surface area contributed by atoms with Gasteiger partial charge in [-0.05, 0) is 24.3 Å². The highest BCUT2D eigenvalue weighted by atomic mass is 32.1. The van der Waals surface area contributed by atoms with E-state index in [2.05, 4.69) is 37.4 Å². The second-order valence-electron chi connectivity index (χ2n) is 6.19. The molecule has 1 unspecified atom stereocenters. The van der Waals surface area contributed by atoms with Gasteiger partial charge in [0, 0.05) is 38.7 Å². The maximum absolute atomic E-state index is 5.84. The number of aromatic nitrogens is 3. The molecular formula is C16H24N6OS. The first-order valence-corrected chi connectivity index (χ1v) is 9.02. The van der Waals surface area contributed by atoms with Crippen LogP contribution in [0.4, 0.5) is 11.9 Å². The Hall–Kier alpha value is -1.77. The van der Waals surface area contributed by atoms with Gasteiger partial charge < -0.3 is 15.4 Å². The number of rotatable bonds is 7. The molecule has 0 bridgehead atoms. The van der Waals surface area contributed by atoms with Crippen LogP contribution in [0.1, 0.15) is 23.5 Å². The molecule has 130 valence electrons. The van der Waals surface area contributed by atoms with Crippen molar-refractivity contribution in [1.29, 1.82) is 0 Å². The normalized spacial score (nSPS) is 17.5. The van der Waals surface area contributed by atoms with E-state index in [0.717, 1.165) is 32.5 Å². The lowest BCUT2D eigenvalue weighted by Gasteiger charge is -2.24. The van der Waals surface area contributed by atoms with Gasteiger partial charge in [0.2, 0.25) is 11.9 Å². The maximum atomic E-state index is 5.84. The third kappa shape index (κ3) is 4.62. The molecule has 1 fully saturated rings. The smallest absolute Gasteiger partial charge is 0.229 e. The Balaban J connectivity index is 1.74. The number of ether oxygens (including phenoxy) is 1. The molecule has 2 aromatic rings. The van der Waals surface area contributed by atoms with Crippen molar-refractivity contribution < 1.29 is 4.74 Å². The lowest BCUT2D eigenvalue weighted by atomic mass is 10.2. The van der Waals surface area contributed by atoms with E-state index in [4.69, 9.17) is 10.5 Å². The number of hydrogen-bond acceptors (Lipinski definition) is 8. The van der Waals surface area contributed by atoms with Gasteiger partial charge in [0.25, 0.3) is 0 Å². The Morgan fingerprint density at radius 3 is 2.83 bits per heavy atom. The summed E-state index contributed by atoms with van der Waals surface area (Å²) in [5.41, 5.74) is 5.84. The van der Waals surface area contributed by atoms with Crippen LogP contribution in [-0.2, 0) is 17.8 Å². The highest BCUT2D eigenvalue weighted by molar-refractivity contribution is 7.09. The van der Waals surface area contributed by atoms with Crippen molar-refractivity contribution in [2.24, 2.45) is 0 Å². The van der Waals surface area contributed by atoms with Crippen LogP contribution in [0.15, 0.2) is 17.5 Å². The standard InChI is InChI=1S/C16H24N6OS/c1-21(2)16-19-14(18-15(17)20-16)11-22(9-12-5-3-7-23-12)10-13-6-4-8-24-13/h4,6,8,12H,3,5,7,9-11H2,1-2H3,(H2,17,18,19,20). The van der Waals surface area contributed by atoms with Crippen molar-refractivity contribution in [3.05, 3.63) is 28.2 Å². The Morgan fingerprint density at radius 2 is 2.17 bits per heavy atom. The first kappa shape index (κ1) is 17.1. The Morgan fingerprint density at radius 1 is 1.29 bits per heavy atom. The maximum Gasteiger partial charge on any atom is 0.229 e. The van der Waals surface area contributed by atoms with E-state index in [0.29, 0.717) is 18.3 Å². The number of anilines is 2. The van der Waals surface area contributed by atoms with Gasteiger partial charge >= 0.3 is 0 Å². The van der Waals surface area contributed by atoms with Crippen LogP contribution >= 0.6 is 11.3 Å². The summed E-state index contributed by atoms with van der Waals surface area (Å²) in [6.07, 6.45) is 2.54. The molecule has 0 spiro atoms. The zero-order valence-electron chi connectivity index (χ0n) is 14.2. The van der Waals surface area contributed by atoms with Gasteiger partial charge in [-0.1, -0.05) is 6.07 Å². The number of hydrogen-bond donors (Lipinski definition) is 1. The lowest BCUT2D eigenvalue weighted by Crippen LogP contribution is -2.32. The van der Waals surface area contributed by atoms with Crippen molar-refractivity contribution in [2.75, 3.05) is 37.9 Å². The Bertz CT molecular complexity index is 642. The average Bonchev–Trinajstić information content (AvgIpc) is 3.20. The first-order valence-electron chi connectivity index (χ1n) is 8.14. The van der Waals surface area contributed by atoms with E-state index >= 15 is 0 Å². The number of nitrogens with two attached hydrogens (primary N) is 1. The minimum absolute atomic E-state index is 0.261. The van der Waals surface area contributed by atoms with E-state index in [-0.39, 0.29) is 12.1 Å². The second kappa shape index (κ2) is 7.87. The van der Waals surface area contributed by atoms with Gasteiger partial charge in [-0.2, -0.15) is 15.0 Å². The first-order chi connectivity index (χ1) is 11.6. The second-order valence-corrected chi connectivity index (χ2v) is 7.22. The van der Waals surface area contributed by atoms with Gasteiger partial charge in [0.15, 0.2) is 0 Å². The van der Waals surface area contributed by atoms with E-state index in [1.54, 1.807) is 11.3 Å². The predicted molar refractivity (Wildman–Crippen MR) is 96.0 cm³/mol. The van der Waals surface area contributed by atoms with E-state index < -0.39 is 0 Å². The third-order valence-corrected chi connectivity index (χ3v) is 4.76. The molecule has 24 heavy (non-hydrogen) atoms. The van der Waals surface area contributed by atoms with E-state index in [9.17, 15) is 0 Å². The van der Waals surface area contributed by atoms with Gasteiger partial charge in [0.05, 0.1) is 12.6 Å². The predicted octanol–water partition coefficient (Wildman–Crippen LogP) is 1.76. The molecule has 3 heterocycles. The monoisotopic (exact) mass is 348 g/mol. The van der Waals surface area contributed by atoms with Crippen LogP contribution in [0.5, 0.6) is 0 Å². The minimum Gasteiger partial charge on any atom is -0.377 e. The Labute approximate surface area is 146 Å². The molecule has 1 aliphatic rings. The topological polar surface area (TPSA) is 80.4 Å². The molecule has 7 nitrogen and oxygen atoms in total. The van der Waals surface area contributed by atoms with Crippen molar-refractivity contribution in [3.63, 3.8) is 0 Å². The summed E-state index contributed by atoms with van der Waals surface area (Å²) in [6.45, 7) is 3.23. The molecule has 1 saturated heterocycles. The molecule has 0 amide bonds. The van der Waals surface area contributed by atoms with Crippen LogP contribution in [-0.4, -0.2) is 53.2 Å². The number of nitrogen functional groups attached to an aromatic ring is 1. The molecule has 0 aliphatic carbocycles. The molecule has 8 heteroatoms. The summed E-state index contributed by atoms with van der Waals surface area (Å²) < 4.78 is 5.80. The van der Waals surface area contributed by atoms with Gasteiger partial charge in [0.1, 0.15) is 5.82 Å². The van der Waals surface area contributed by atoms with Crippen molar-refractivity contribution in [3.8, 4) is 0 Å². The summed E-state index contributed by atoms with van der Waals surface area (Å²) >= 11 is 1.76. The number of thiophene rings is 1. The SMILES string of the molecule is CN(C)c1nc(N)nc(CN(Cc2cccs2)CC2CCCO2)n1. The Kier molecular flexibility index (Phi) is 5.60. The van der Waals surface area contributed by atoms with Gasteiger partial charge in [-0.25, -0.2) is 0 Å². The van der Waals surface area contributed by atoms with Gasteiger partial charge in [-0.15, -0.1) is 11.3 Å². The molecule has 3 rings (SSSR count). The molecule has 0 aromatic carbocycles. The molecule has 2 N–H and O–H groups in total. The zero-order valence-corrected chi connectivity index (χ0v) is 15.0. The highest BCUT2D eigenvalue weighted by Crippen LogP contribution is 2.19. The van der Waals surface area contributed by atoms with Crippen LogP contribution in [0.2, 0.25) is 0 Å². The quantitative estimate of drug-likeness (QED) is 0.816. The fourth-order valence-corrected chi connectivity index (χ4v) is 3.53. The molecule has 1 aliphatic heterocycles. The van der Waals surface area contributed by atoms with Crippen molar-refractivity contribution >= 4 is 23.2 Å². The highest BCUT2D eigenvalue weighted by Gasteiger charge is 2.21. The fourth-order valence-electron chi connectivity index (χ4n) is 2.78. The van der Waals surface area contributed by atoms with Crippen molar-refractivity contribution in [2.45, 2.75) is 32.0 Å². The lowest BCUT2D eigenvalue weighted by molar-refractivity contribution is 0.0673. The largest absolute Gasteiger partial charge is 0.377 e. The third-order valence-electron chi connectivity index (χ3n) is 3.90. The fraction of sp³-hybridized carbons (Fsp3) is 0.562. The molecule has 1 atom stereocenters. The zero-order chi connectivity index (χ0) is 16.9. The van der Waals surface area contributed by atoms with Crippen LogP contribution in [0.3, 0.4) is 0 Å². The molecule has 0 saturated carbocycles. The van der Waals surface area contributed by atoms with Crippen LogP contribution in [0, 0.1) is 0 Å². The summed E-state index contributed by atoms with van der Waals surface area (Å²) in [6, 6.07) is 4.23. The van der Waals surface area contributed by atoms with Crippen LogP contribution < -0.4 is 10.6 Å².